The highest BCUT2D eigenvalue weighted by Crippen LogP contribution is 2.44. The Bertz CT molecular complexity index is 1580. The van der Waals surface area contributed by atoms with Crippen LogP contribution in [-0.4, -0.2) is 58.8 Å². The molecule has 2 fully saturated rings. The van der Waals surface area contributed by atoms with E-state index in [4.69, 9.17) is 4.74 Å². The number of benzene rings is 3. The van der Waals surface area contributed by atoms with Gasteiger partial charge in [-0.3, -0.25) is 19.1 Å². The third-order valence-corrected chi connectivity index (χ3v) is 7.33. The van der Waals surface area contributed by atoms with Gasteiger partial charge in [0.15, 0.2) is 0 Å². The van der Waals surface area contributed by atoms with Crippen LogP contribution in [0.2, 0.25) is 0 Å². The molecule has 1 aliphatic heterocycles. The van der Waals surface area contributed by atoms with E-state index in [0.29, 0.717) is 55.7 Å². The average Bonchev–Trinajstić information content (AvgIpc) is 3.77. The molecular formula is C29H26F2N4O4. The molecule has 0 spiro atoms. The number of carbonyl (C=O) groups excluding carboxylic acids is 1. The number of nitrogens with one attached hydrogen (secondary N) is 1. The predicted molar refractivity (Wildman–Crippen MR) is 142 cm³/mol. The molecule has 1 aromatic heterocycles. The topological polar surface area (TPSA) is 85.7 Å². The summed E-state index contributed by atoms with van der Waals surface area (Å²) < 4.78 is 37.8. The van der Waals surface area contributed by atoms with Gasteiger partial charge < -0.3 is 14.8 Å². The molecule has 0 unspecified atom stereocenters. The molecule has 4 aromatic rings. The lowest BCUT2D eigenvalue weighted by Crippen LogP contribution is -2.51. The molecule has 1 aliphatic carbocycles. The van der Waals surface area contributed by atoms with E-state index < -0.39 is 12.2 Å². The van der Waals surface area contributed by atoms with Gasteiger partial charge in [0.05, 0.1) is 35.5 Å². The minimum atomic E-state index is -3.08. The number of amides is 1. The number of hydrogen-bond donors (Lipinski definition) is 1. The largest absolute Gasteiger partial charge is 0.433 e. The fourth-order valence-electron chi connectivity index (χ4n) is 5.12. The number of rotatable bonds is 7. The SMILES string of the molecule is O=C(Nc1cc(-n2cnc3cc(-c4ccccc4)ccc3c2=O)ccc1OC(F)F)C1(N2CCOCC2)CC1. The number of morpholine rings is 1. The zero-order valence-electron chi connectivity index (χ0n) is 21.0. The monoisotopic (exact) mass is 532 g/mol. The molecule has 2 aliphatic rings. The van der Waals surface area contributed by atoms with Crippen molar-refractivity contribution in [3.8, 4) is 22.6 Å². The standard InChI is InChI=1S/C29H26F2N4O4/c30-28(31)39-25-9-7-21(17-24(25)33-27(37)29(10-11-29)34-12-14-38-15-13-34)35-18-32-23-16-20(6-8-22(23)26(35)36)19-4-2-1-3-5-19/h1-9,16-18,28H,10-15H2,(H,33,37). The maximum atomic E-state index is 13.4. The Kier molecular flexibility index (Phi) is 6.58. The summed E-state index contributed by atoms with van der Waals surface area (Å²) in [5.41, 5.74) is 1.86. The van der Waals surface area contributed by atoms with E-state index in [0.717, 1.165) is 11.1 Å². The van der Waals surface area contributed by atoms with Crippen molar-refractivity contribution in [1.82, 2.24) is 14.5 Å². The lowest BCUT2D eigenvalue weighted by Gasteiger charge is -2.34. The van der Waals surface area contributed by atoms with E-state index in [1.54, 1.807) is 6.07 Å². The fourth-order valence-corrected chi connectivity index (χ4v) is 5.12. The Morgan fingerprint density at radius 3 is 2.49 bits per heavy atom. The third-order valence-electron chi connectivity index (χ3n) is 7.33. The van der Waals surface area contributed by atoms with Gasteiger partial charge in [-0.1, -0.05) is 36.4 Å². The molecule has 39 heavy (non-hydrogen) atoms. The number of ether oxygens (including phenoxy) is 2. The maximum absolute atomic E-state index is 13.4. The number of alkyl halides is 2. The van der Waals surface area contributed by atoms with Crippen molar-refractivity contribution < 1.29 is 23.0 Å². The molecule has 3 aromatic carbocycles. The molecule has 1 amide bonds. The Balaban J connectivity index is 1.34. The van der Waals surface area contributed by atoms with E-state index in [2.05, 4.69) is 19.9 Å². The number of nitrogens with zero attached hydrogens (tertiary/aromatic N) is 3. The summed E-state index contributed by atoms with van der Waals surface area (Å²) in [5, 5.41) is 3.20. The van der Waals surface area contributed by atoms with Crippen LogP contribution in [0, 0.1) is 0 Å². The molecule has 200 valence electrons. The quantitative estimate of drug-likeness (QED) is 0.379. The number of aromatic nitrogens is 2. The lowest BCUT2D eigenvalue weighted by atomic mass is 10.0. The minimum absolute atomic E-state index is 0.0590. The van der Waals surface area contributed by atoms with Gasteiger partial charge in [0.2, 0.25) is 5.91 Å². The Hall–Kier alpha value is -4.15. The van der Waals surface area contributed by atoms with Crippen molar-refractivity contribution in [2.75, 3.05) is 31.6 Å². The molecular weight excluding hydrogens is 506 g/mol. The number of fused-ring (bicyclic) bond motifs is 1. The fraction of sp³-hybridized carbons (Fsp3) is 0.276. The maximum Gasteiger partial charge on any atom is 0.387 e. The van der Waals surface area contributed by atoms with Crippen LogP contribution in [0.25, 0.3) is 27.7 Å². The van der Waals surface area contributed by atoms with Gasteiger partial charge in [0, 0.05) is 13.1 Å². The van der Waals surface area contributed by atoms with Crippen molar-refractivity contribution in [1.29, 1.82) is 0 Å². The van der Waals surface area contributed by atoms with Gasteiger partial charge in [-0.05, 0) is 54.3 Å². The number of carbonyl (C=O) groups is 1. The lowest BCUT2D eigenvalue weighted by molar-refractivity contribution is -0.124. The van der Waals surface area contributed by atoms with Crippen LogP contribution < -0.4 is 15.6 Å². The second kappa shape index (κ2) is 10.2. The molecule has 8 nitrogen and oxygen atoms in total. The van der Waals surface area contributed by atoms with E-state index in [1.807, 2.05) is 42.5 Å². The van der Waals surface area contributed by atoms with Gasteiger partial charge in [0.1, 0.15) is 17.6 Å². The van der Waals surface area contributed by atoms with Crippen molar-refractivity contribution in [3.05, 3.63) is 83.4 Å². The predicted octanol–water partition coefficient (Wildman–Crippen LogP) is 4.46. The second-order valence-electron chi connectivity index (χ2n) is 9.66. The molecule has 1 N–H and O–H groups in total. The summed E-state index contributed by atoms with van der Waals surface area (Å²) in [4.78, 5) is 33.3. The van der Waals surface area contributed by atoms with Crippen molar-refractivity contribution in [2.24, 2.45) is 0 Å². The number of hydrogen-bond acceptors (Lipinski definition) is 6. The first-order valence-electron chi connectivity index (χ1n) is 12.7. The van der Waals surface area contributed by atoms with Crippen molar-refractivity contribution in [3.63, 3.8) is 0 Å². The summed E-state index contributed by atoms with van der Waals surface area (Å²) >= 11 is 0. The zero-order chi connectivity index (χ0) is 27.0. The van der Waals surface area contributed by atoms with Crippen molar-refractivity contribution in [2.45, 2.75) is 25.0 Å². The van der Waals surface area contributed by atoms with Crippen LogP contribution in [0.3, 0.4) is 0 Å². The number of anilines is 1. The summed E-state index contributed by atoms with van der Waals surface area (Å²) in [7, 11) is 0. The highest BCUT2D eigenvalue weighted by molar-refractivity contribution is 6.01. The first-order valence-corrected chi connectivity index (χ1v) is 12.7. The molecule has 1 saturated carbocycles. The molecule has 10 heteroatoms. The Labute approximate surface area is 222 Å². The van der Waals surface area contributed by atoms with Crippen LogP contribution in [0.15, 0.2) is 77.9 Å². The van der Waals surface area contributed by atoms with Gasteiger partial charge in [0.25, 0.3) is 5.56 Å². The van der Waals surface area contributed by atoms with E-state index >= 15 is 0 Å². The summed E-state index contributed by atoms with van der Waals surface area (Å²) in [6.07, 6.45) is 2.73. The molecule has 2 heterocycles. The van der Waals surface area contributed by atoms with E-state index in [9.17, 15) is 18.4 Å². The Morgan fingerprint density at radius 2 is 1.77 bits per heavy atom. The highest BCUT2D eigenvalue weighted by atomic mass is 19.3. The van der Waals surface area contributed by atoms with Gasteiger partial charge in [-0.2, -0.15) is 8.78 Å². The number of halogens is 2. The normalized spacial score (nSPS) is 16.8. The van der Waals surface area contributed by atoms with Crippen LogP contribution >= 0.6 is 0 Å². The van der Waals surface area contributed by atoms with Crippen LogP contribution in [0.1, 0.15) is 12.8 Å². The van der Waals surface area contributed by atoms with Gasteiger partial charge in [-0.15, -0.1) is 0 Å². The third kappa shape index (κ3) is 4.88. The van der Waals surface area contributed by atoms with Gasteiger partial charge in [-0.25, -0.2) is 4.98 Å². The summed E-state index contributed by atoms with van der Waals surface area (Å²) in [6, 6.07) is 19.5. The minimum Gasteiger partial charge on any atom is -0.433 e. The smallest absolute Gasteiger partial charge is 0.387 e. The highest BCUT2D eigenvalue weighted by Gasteiger charge is 2.54. The molecule has 6 rings (SSSR count). The molecule has 0 bridgehead atoms. The van der Waals surface area contributed by atoms with Gasteiger partial charge >= 0.3 is 6.61 Å². The average molecular weight is 533 g/mol. The summed E-state index contributed by atoms with van der Waals surface area (Å²) in [5.74, 6) is -0.479. The Morgan fingerprint density at radius 1 is 1.00 bits per heavy atom. The van der Waals surface area contributed by atoms with Crippen LogP contribution in [0.5, 0.6) is 5.75 Å². The van der Waals surface area contributed by atoms with E-state index in [1.165, 1.54) is 29.1 Å². The first kappa shape index (κ1) is 25.1. The second-order valence-corrected chi connectivity index (χ2v) is 9.66. The zero-order valence-corrected chi connectivity index (χ0v) is 21.0. The van der Waals surface area contributed by atoms with E-state index in [-0.39, 0.29) is 22.9 Å². The van der Waals surface area contributed by atoms with Crippen molar-refractivity contribution >= 4 is 22.5 Å². The van der Waals surface area contributed by atoms with Crippen LogP contribution in [0.4, 0.5) is 14.5 Å². The van der Waals surface area contributed by atoms with Crippen LogP contribution in [-0.2, 0) is 9.53 Å². The summed E-state index contributed by atoms with van der Waals surface area (Å²) in [6.45, 7) is -0.760. The molecule has 0 radical (unpaired) electrons. The molecule has 0 atom stereocenters. The molecule has 1 saturated heterocycles. The first-order chi connectivity index (χ1) is 18.9.